The Morgan fingerprint density at radius 2 is 2.41 bits per heavy atom. The minimum atomic E-state index is -0.579. The molecule has 0 bridgehead atoms. The lowest BCUT2D eigenvalue weighted by Crippen LogP contribution is -2.49. The summed E-state index contributed by atoms with van der Waals surface area (Å²) in [6, 6.07) is 1.37. The molecule has 0 aliphatic carbocycles. The van der Waals surface area contributed by atoms with Crippen molar-refractivity contribution in [3.8, 4) is 0 Å². The standard InChI is InChI=1S/C12H16FN3O/c1-8-3-5-16(7-11(8)14)12(17)9-2-4-15-6-10(9)13/h2,4,6,8,11H,3,5,7,14H2,1H3. The van der Waals surface area contributed by atoms with Crippen LogP contribution in [0.5, 0.6) is 0 Å². The highest BCUT2D eigenvalue weighted by Gasteiger charge is 2.27. The Balaban J connectivity index is 2.14. The largest absolute Gasteiger partial charge is 0.337 e. The van der Waals surface area contributed by atoms with Gasteiger partial charge >= 0.3 is 0 Å². The highest BCUT2D eigenvalue weighted by Crippen LogP contribution is 2.18. The van der Waals surface area contributed by atoms with Gasteiger partial charge in [0.1, 0.15) is 0 Å². The fourth-order valence-electron chi connectivity index (χ4n) is 2.00. The summed E-state index contributed by atoms with van der Waals surface area (Å²) in [5, 5.41) is 0. The van der Waals surface area contributed by atoms with Crippen LogP contribution in [0.25, 0.3) is 0 Å². The van der Waals surface area contributed by atoms with Gasteiger partial charge in [-0.15, -0.1) is 0 Å². The quantitative estimate of drug-likeness (QED) is 0.793. The zero-order valence-electron chi connectivity index (χ0n) is 9.77. The average Bonchev–Trinajstić information content (AvgIpc) is 2.32. The molecule has 92 valence electrons. The molecule has 5 heteroatoms. The van der Waals surface area contributed by atoms with Gasteiger partial charge in [-0.25, -0.2) is 4.39 Å². The number of hydrogen-bond acceptors (Lipinski definition) is 3. The van der Waals surface area contributed by atoms with Crippen molar-refractivity contribution in [2.24, 2.45) is 11.7 Å². The van der Waals surface area contributed by atoms with Crippen molar-refractivity contribution >= 4 is 5.91 Å². The number of nitrogens with two attached hydrogens (primary N) is 1. The van der Waals surface area contributed by atoms with Crippen molar-refractivity contribution in [3.05, 3.63) is 29.8 Å². The summed E-state index contributed by atoms with van der Waals surface area (Å²) in [5.41, 5.74) is 5.99. The van der Waals surface area contributed by atoms with Crippen molar-refractivity contribution in [3.63, 3.8) is 0 Å². The molecule has 2 rings (SSSR count). The summed E-state index contributed by atoms with van der Waals surface area (Å²) in [4.78, 5) is 17.3. The molecule has 2 atom stereocenters. The van der Waals surface area contributed by atoms with Crippen molar-refractivity contribution in [1.29, 1.82) is 0 Å². The van der Waals surface area contributed by atoms with E-state index in [1.54, 1.807) is 4.90 Å². The first-order valence-electron chi connectivity index (χ1n) is 5.74. The Bertz CT molecular complexity index is 424. The summed E-state index contributed by atoms with van der Waals surface area (Å²) in [5.74, 6) is -0.474. The van der Waals surface area contributed by atoms with Gasteiger partial charge in [0.2, 0.25) is 0 Å². The number of rotatable bonds is 1. The van der Waals surface area contributed by atoms with Gasteiger partial charge in [0.15, 0.2) is 5.82 Å². The van der Waals surface area contributed by atoms with Gasteiger partial charge in [-0.2, -0.15) is 0 Å². The van der Waals surface area contributed by atoms with E-state index in [0.717, 1.165) is 12.6 Å². The minimum absolute atomic E-state index is 0.0300. The molecule has 1 amide bonds. The number of pyridine rings is 1. The maximum Gasteiger partial charge on any atom is 0.256 e. The second-order valence-corrected chi connectivity index (χ2v) is 4.54. The topological polar surface area (TPSA) is 59.2 Å². The monoisotopic (exact) mass is 237 g/mol. The highest BCUT2D eigenvalue weighted by atomic mass is 19.1. The number of piperidine rings is 1. The summed E-state index contributed by atoms with van der Waals surface area (Å²) < 4.78 is 13.4. The van der Waals surface area contributed by atoms with Crippen LogP contribution >= 0.6 is 0 Å². The third-order valence-corrected chi connectivity index (χ3v) is 3.31. The molecule has 0 radical (unpaired) electrons. The third kappa shape index (κ3) is 2.44. The fourth-order valence-corrected chi connectivity index (χ4v) is 2.00. The van der Waals surface area contributed by atoms with Gasteiger partial charge in [0.05, 0.1) is 11.8 Å². The molecule has 2 unspecified atom stereocenters. The van der Waals surface area contributed by atoms with Crippen molar-refractivity contribution in [2.75, 3.05) is 13.1 Å². The Hall–Kier alpha value is -1.49. The lowest BCUT2D eigenvalue weighted by molar-refractivity contribution is 0.0667. The molecule has 1 aliphatic rings. The zero-order chi connectivity index (χ0) is 12.4. The molecule has 1 aromatic rings. The van der Waals surface area contributed by atoms with Crippen LogP contribution in [-0.2, 0) is 0 Å². The van der Waals surface area contributed by atoms with E-state index < -0.39 is 5.82 Å². The molecular weight excluding hydrogens is 221 g/mol. The SMILES string of the molecule is CC1CCN(C(=O)c2ccncc2F)CC1N. The lowest BCUT2D eigenvalue weighted by atomic mass is 9.94. The number of halogens is 1. The molecule has 2 heterocycles. The van der Waals surface area contributed by atoms with E-state index in [1.807, 2.05) is 0 Å². The molecule has 2 N–H and O–H groups in total. The van der Waals surface area contributed by atoms with Crippen LogP contribution in [0.4, 0.5) is 4.39 Å². The predicted molar refractivity (Wildman–Crippen MR) is 61.9 cm³/mol. The molecule has 4 nitrogen and oxygen atoms in total. The van der Waals surface area contributed by atoms with E-state index in [4.69, 9.17) is 5.73 Å². The van der Waals surface area contributed by atoms with E-state index >= 15 is 0 Å². The van der Waals surface area contributed by atoms with E-state index in [9.17, 15) is 9.18 Å². The van der Waals surface area contributed by atoms with E-state index in [0.29, 0.717) is 19.0 Å². The summed E-state index contributed by atoms with van der Waals surface area (Å²) in [6.45, 7) is 3.19. The van der Waals surface area contributed by atoms with Crippen LogP contribution in [0.1, 0.15) is 23.7 Å². The molecule has 17 heavy (non-hydrogen) atoms. The van der Waals surface area contributed by atoms with Crippen LogP contribution in [0.3, 0.4) is 0 Å². The van der Waals surface area contributed by atoms with Crippen molar-refractivity contribution < 1.29 is 9.18 Å². The minimum Gasteiger partial charge on any atom is -0.337 e. The van der Waals surface area contributed by atoms with Gasteiger partial charge in [-0.1, -0.05) is 6.92 Å². The molecule has 0 spiro atoms. The van der Waals surface area contributed by atoms with Crippen molar-refractivity contribution in [2.45, 2.75) is 19.4 Å². The number of hydrogen-bond donors (Lipinski definition) is 1. The normalized spacial score (nSPS) is 24.8. The van der Waals surface area contributed by atoms with Gasteiger partial charge in [-0.3, -0.25) is 9.78 Å². The summed E-state index contributed by atoms with van der Waals surface area (Å²) >= 11 is 0. The number of carbonyl (C=O) groups excluding carboxylic acids is 1. The van der Waals surface area contributed by atoms with Gasteiger partial charge in [0.25, 0.3) is 5.91 Å². The van der Waals surface area contributed by atoms with Crippen LogP contribution in [0, 0.1) is 11.7 Å². The lowest BCUT2D eigenvalue weighted by Gasteiger charge is -2.35. The number of carbonyl (C=O) groups is 1. The number of likely N-dealkylation sites (tertiary alicyclic amines) is 1. The smallest absolute Gasteiger partial charge is 0.256 e. The van der Waals surface area contributed by atoms with Gasteiger partial charge in [-0.05, 0) is 18.4 Å². The molecular formula is C12H16FN3O. The highest BCUT2D eigenvalue weighted by molar-refractivity contribution is 5.94. The van der Waals surface area contributed by atoms with Gasteiger partial charge < -0.3 is 10.6 Å². The first-order chi connectivity index (χ1) is 8.09. The average molecular weight is 237 g/mol. The Labute approximate surface area is 99.6 Å². The van der Waals surface area contributed by atoms with Crippen LogP contribution in [-0.4, -0.2) is 34.9 Å². The maximum absolute atomic E-state index is 13.4. The van der Waals surface area contributed by atoms with E-state index in [2.05, 4.69) is 11.9 Å². The van der Waals surface area contributed by atoms with Crippen LogP contribution < -0.4 is 5.73 Å². The molecule has 1 aliphatic heterocycles. The van der Waals surface area contributed by atoms with Crippen LogP contribution in [0.15, 0.2) is 18.5 Å². The van der Waals surface area contributed by atoms with Gasteiger partial charge in [0, 0.05) is 25.3 Å². The number of amides is 1. The first kappa shape index (κ1) is 12.0. The molecule has 0 saturated carbocycles. The van der Waals surface area contributed by atoms with Crippen LogP contribution in [0.2, 0.25) is 0 Å². The Morgan fingerprint density at radius 1 is 1.65 bits per heavy atom. The molecule has 0 aromatic carbocycles. The fraction of sp³-hybridized carbons (Fsp3) is 0.500. The van der Waals surface area contributed by atoms with E-state index in [1.165, 1.54) is 12.3 Å². The first-order valence-corrected chi connectivity index (χ1v) is 5.74. The summed E-state index contributed by atoms with van der Waals surface area (Å²) in [7, 11) is 0. The Kier molecular flexibility index (Phi) is 3.38. The maximum atomic E-state index is 13.4. The third-order valence-electron chi connectivity index (χ3n) is 3.31. The number of aromatic nitrogens is 1. The molecule has 1 fully saturated rings. The zero-order valence-corrected chi connectivity index (χ0v) is 9.77. The number of nitrogens with zero attached hydrogens (tertiary/aromatic N) is 2. The molecule has 1 saturated heterocycles. The predicted octanol–water partition coefficient (Wildman–Crippen LogP) is 1.03. The second-order valence-electron chi connectivity index (χ2n) is 4.54. The van der Waals surface area contributed by atoms with E-state index in [-0.39, 0.29) is 17.5 Å². The molecule has 1 aromatic heterocycles. The summed E-state index contributed by atoms with van der Waals surface area (Å²) in [6.07, 6.45) is 3.34. The van der Waals surface area contributed by atoms with Crippen molar-refractivity contribution in [1.82, 2.24) is 9.88 Å². The Morgan fingerprint density at radius 3 is 3.06 bits per heavy atom. The second kappa shape index (κ2) is 4.79.